The third kappa shape index (κ3) is 3.93. The van der Waals surface area contributed by atoms with Gasteiger partial charge in [-0.2, -0.15) is 0 Å². The first-order valence-corrected chi connectivity index (χ1v) is 8.20. The first-order valence-electron chi connectivity index (χ1n) is 8.20. The molecule has 0 spiro atoms. The normalized spacial score (nSPS) is 17.9. The Labute approximate surface area is 141 Å². The van der Waals surface area contributed by atoms with Crippen LogP contribution in [0.2, 0.25) is 0 Å². The third-order valence-corrected chi connectivity index (χ3v) is 4.13. The first kappa shape index (κ1) is 16.5. The van der Waals surface area contributed by atoms with Gasteiger partial charge in [-0.25, -0.2) is 0 Å². The Kier molecular flexibility index (Phi) is 5.46. The molecule has 0 aromatic heterocycles. The zero-order chi connectivity index (χ0) is 16.8. The molecule has 0 saturated carbocycles. The second-order valence-electron chi connectivity index (χ2n) is 5.92. The average Bonchev–Trinajstić information content (AvgIpc) is 2.89. The van der Waals surface area contributed by atoms with E-state index in [2.05, 4.69) is 10.6 Å². The lowest BCUT2D eigenvalue weighted by Crippen LogP contribution is -2.35. The SMILES string of the molecule is O=C(NCC1CNCCOC1)c1cccc(-c2ccccc2)c1O. The third-order valence-electron chi connectivity index (χ3n) is 4.13. The Balaban J connectivity index is 1.71. The van der Waals surface area contributed by atoms with Gasteiger partial charge in [-0.15, -0.1) is 0 Å². The Hall–Kier alpha value is -2.37. The molecule has 5 nitrogen and oxygen atoms in total. The van der Waals surface area contributed by atoms with Crippen molar-refractivity contribution < 1.29 is 14.6 Å². The number of phenols is 1. The van der Waals surface area contributed by atoms with Crippen LogP contribution >= 0.6 is 0 Å². The van der Waals surface area contributed by atoms with Crippen LogP contribution in [-0.2, 0) is 4.74 Å². The molecule has 1 atom stereocenters. The number of hydrogen-bond donors (Lipinski definition) is 3. The number of benzene rings is 2. The number of phenolic OH excluding ortho intramolecular Hbond substituents is 1. The second-order valence-corrected chi connectivity index (χ2v) is 5.92. The molecule has 2 aromatic rings. The molecule has 1 heterocycles. The van der Waals surface area contributed by atoms with Crippen molar-refractivity contribution in [2.45, 2.75) is 0 Å². The van der Waals surface area contributed by atoms with E-state index in [0.717, 1.165) is 18.7 Å². The van der Waals surface area contributed by atoms with Gasteiger partial charge in [0.2, 0.25) is 0 Å². The van der Waals surface area contributed by atoms with Crippen LogP contribution in [0.1, 0.15) is 10.4 Å². The summed E-state index contributed by atoms with van der Waals surface area (Å²) in [6.07, 6.45) is 0. The van der Waals surface area contributed by atoms with Gasteiger partial charge in [-0.05, 0) is 11.6 Å². The summed E-state index contributed by atoms with van der Waals surface area (Å²) in [7, 11) is 0. The maximum atomic E-state index is 12.4. The van der Waals surface area contributed by atoms with Crippen LogP contribution in [-0.4, -0.2) is 43.9 Å². The molecule has 1 aliphatic heterocycles. The van der Waals surface area contributed by atoms with Crippen LogP contribution in [0.5, 0.6) is 5.75 Å². The van der Waals surface area contributed by atoms with Crippen molar-refractivity contribution >= 4 is 5.91 Å². The summed E-state index contributed by atoms with van der Waals surface area (Å²) in [4.78, 5) is 12.4. The Bertz CT molecular complexity index is 680. The monoisotopic (exact) mass is 326 g/mol. The predicted molar refractivity (Wildman–Crippen MR) is 93.1 cm³/mol. The molecule has 126 valence electrons. The highest BCUT2D eigenvalue weighted by Gasteiger charge is 2.17. The molecule has 1 unspecified atom stereocenters. The summed E-state index contributed by atoms with van der Waals surface area (Å²) in [5, 5.41) is 16.7. The van der Waals surface area contributed by atoms with Crippen molar-refractivity contribution in [3.05, 3.63) is 54.1 Å². The number of rotatable bonds is 4. The average molecular weight is 326 g/mol. The lowest BCUT2D eigenvalue weighted by atomic mass is 10.0. The van der Waals surface area contributed by atoms with Crippen molar-refractivity contribution in [1.82, 2.24) is 10.6 Å². The molecule has 3 rings (SSSR count). The van der Waals surface area contributed by atoms with Crippen molar-refractivity contribution in [3.8, 4) is 16.9 Å². The number of ether oxygens (including phenoxy) is 1. The predicted octanol–water partition coefficient (Wildman–Crippen LogP) is 2.03. The van der Waals surface area contributed by atoms with Crippen molar-refractivity contribution in [1.29, 1.82) is 0 Å². The highest BCUT2D eigenvalue weighted by atomic mass is 16.5. The maximum absolute atomic E-state index is 12.4. The van der Waals surface area contributed by atoms with Crippen molar-refractivity contribution in [2.75, 3.05) is 32.8 Å². The van der Waals surface area contributed by atoms with Crippen LogP contribution in [0, 0.1) is 5.92 Å². The molecule has 3 N–H and O–H groups in total. The maximum Gasteiger partial charge on any atom is 0.255 e. The number of carbonyl (C=O) groups is 1. The van der Waals surface area contributed by atoms with E-state index in [-0.39, 0.29) is 17.6 Å². The summed E-state index contributed by atoms with van der Waals surface area (Å²) < 4.78 is 5.48. The lowest BCUT2D eigenvalue weighted by Gasteiger charge is -2.15. The largest absolute Gasteiger partial charge is 0.506 e. The minimum Gasteiger partial charge on any atom is -0.506 e. The van der Waals surface area contributed by atoms with E-state index in [9.17, 15) is 9.90 Å². The fraction of sp³-hybridized carbons (Fsp3) is 0.316. The Morgan fingerprint density at radius 1 is 1.21 bits per heavy atom. The van der Waals surface area contributed by atoms with Gasteiger partial charge in [0.15, 0.2) is 0 Å². The number of nitrogens with one attached hydrogen (secondary N) is 2. The van der Waals surface area contributed by atoms with E-state index in [4.69, 9.17) is 4.74 Å². The number of hydrogen-bond acceptors (Lipinski definition) is 4. The zero-order valence-corrected chi connectivity index (χ0v) is 13.5. The summed E-state index contributed by atoms with van der Waals surface area (Å²) in [5.41, 5.74) is 1.83. The van der Waals surface area contributed by atoms with E-state index in [1.807, 2.05) is 36.4 Å². The molecular weight excluding hydrogens is 304 g/mol. The highest BCUT2D eigenvalue weighted by Crippen LogP contribution is 2.31. The molecular formula is C19H22N2O3. The summed E-state index contributed by atoms with van der Waals surface area (Å²) in [5.74, 6) is -0.0260. The Morgan fingerprint density at radius 3 is 2.88 bits per heavy atom. The summed E-state index contributed by atoms with van der Waals surface area (Å²) in [6, 6.07) is 14.8. The van der Waals surface area contributed by atoms with Gasteiger partial charge in [0.05, 0.1) is 18.8 Å². The van der Waals surface area contributed by atoms with Gasteiger partial charge in [-0.1, -0.05) is 42.5 Å². The molecule has 1 fully saturated rings. The molecule has 1 aliphatic rings. The smallest absolute Gasteiger partial charge is 0.255 e. The van der Waals surface area contributed by atoms with Gasteiger partial charge in [0.1, 0.15) is 5.75 Å². The van der Waals surface area contributed by atoms with Crippen LogP contribution in [0.3, 0.4) is 0 Å². The molecule has 0 aliphatic carbocycles. The van der Waals surface area contributed by atoms with Crippen LogP contribution in [0.15, 0.2) is 48.5 Å². The summed E-state index contributed by atoms with van der Waals surface area (Å²) in [6.45, 7) is 3.50. The number of aromatic hydroxyl groups is 1. The fourth-order valence-corrected chi connectivity index (χ4v) is 2.80. The molecule has 0 radical (unpaired) electrons. The molecule has 24 heavy (non-hydrogen) atoms. The quantitative estimate of drug-likeness (QED) is 0.804. The van der Waals surface area contributed by atoms with E-state index in [0.29, 0.717) is 30.9 Å². The van der Waals surface area contributed by atoms with Gasteiger partial charge in [-0.3, -0.25) is 4.79 Å². The number of amides is 1. The van der Waals surface area contributed by atoms with E-state index >= 15 is 0 Å². The zero-order valence-electron chi connectivity index (χ0n) is 13.5. The fourth-order valence-electron chi connectivity index (χ4n) is 2.80. The number of para-hydroxylation sites is 1. The van der Waals surface area contributed by atoms with Gasteiger partial charge < -0.3 is 20.5 Å². The molecule has 0 bridgehead atoms. The minimum absolute atomic E-state index is 0.0106. The molecule has 5 heteroatoms. The topological polar surface area (TPSA) is 70.6 Å². The minimum atomic E-state index is -0.269. The van der Waals surface area contributed by atoms with Crippen molar-refractivity contribution in [3.63, 3.8) is 0 Å². The van der Waals surface area contributed by atoms with Gasteiger partial charge in [0.25, 0.3) is 5.91 Å². The van der Waals surface area contributed by atoms with Crippen molar-refractivity contribution in [2.24, 2.45) is 5.92 Å². The standard InChI is InChI=1S/C19H22N2O3/c22-18-16(15-5-2-1-3-6-15)7-4-8-17(18)19(23)21-12-14-11-20-9-10-24-13-14/h1-8,14,20,22H,9-13H2,(H,21,23). The van der Waals surface area contributed by atoms with Gasteiger partial charge in [0, 0.05) is 31.1 Å². The van der Waals surface area contributed by atoms with Crippen LogP contribution < -0.4 is 10.6 Å². The first-order chi connectivity index (χ1) is 11.8. The van der Waals surface area contributed by atoms with E-state index in [1.165, 1.54) is 0 Å². The van der Waals surface area contributed by atoms with Gasteiger partial charge >= 0.3 is 0 Å². The Morgan fingerprint density at radius 2 is 2.04 bits per heavy atom. The van der Waals surface area contributed by atoms with Crippen LogP contribution in [0.25, 0.3) is 11.1 Å². The molecule has 2 aromatic carbocycles. The summed E-state index contributed by atoms with van der Waals surface area (Å²) >= 11 is 0. The van der Waals surface area contributed by atoms with E-state index < -0.39 is 0 Å². The second kappa shape index (κ2) is 7.95. The lowest BCUT2D eigenvalue weighted by molar-refractivity contribution is 0.0919. The molecule has 1 amide bonds. The highest BCUT2D eigenvalue weighted by molar-refractivity contribution is 5.99. The van der Waals surface area contributed by atoms with Crippen LogP contribution in [0.4, 0.5) is 0 Å². The number of carbonyl (C=O) groups excluding carboxylic acids is 1. The van der Waals surface area contributed by atoms with E-state index in [1.54, 1.807) is 12.1 Å². The molecule has 1 saturated heterocycles.